The van der Waals surface area contributed by atoms with E-state index in [0.29, 0.717) is 11.3 Å². The number of nitrogens with one attached hydrogen (secondary N) is 1. The summed E-state index contributed by atoms with van der Waals surface area (Å²) in [6, 6.07) is 14.4. The zero-order valence-electron chi connectivity index (χ0n) is 14.4. The number of methoxy groups -OCH3 is 1. The average molecular weight is 326 g/mol. The zero-order chi connectivity index (χ0) is 17.7. The molecule has 0 aliphatic rings. The third-order valence-corrected chi connectivity index (χ3v) is 3.92. The first kappa shape index (κ1) is 17.5. The second-order valence-electron chi connectivity index (χ2n) is 5.60. The van der Waals surface area contributed by atoms with E-state index < -0.39 is 0 Å². The fraction of sp³-hybridized carbons (Fsp3) is 0.263. The molecule has 0 saturated heterocycles. The van der Waals surface area contributed by atoms with Crippen LogP contribution in [0.1, 0.15) is 35.8 Å². The summed E-state index contributed by atoms with van der Waals surface area (Å²) in [5.74, 6) is 0.451. The fourth-order valence-electron chi connectivity index (χ4n) is 2.53. The summed E-state index contributed by atoms with van der Waals surface area (Å²) in [7, 11) is 3.37. The minimum atomic E-state index is -0.171. The lowest BCUT2D eigenvalue weighted by molar-refractivity contribution is -0.114. The number of para-hydroxylation sites is 1. The fourth-order valence-corrected chi connectivity index (χ4v) is 2.53. The molecule has 0 aromatic heterocycles. The second kappa shape index (κ2) is 7.64. The van der Waals surface area contributed by atoms with Crippen LogP contribution >= 0.6 is 0 Å². The summed E-state index contributed by atoms with van der Waals surface area (Å²) in [5.41, 5.74) is 2.06. The van der Waals surface area contributed by atoms with Gasteiger partial charge in [-0.1, -0.05) is 24.3 Å². The lowest BCUT2D eigenvalue weighted by atomic mass is 10.0. The van der Waals surface area contributed by atoms with Gasteiger partial charge in [0.2, 0.25) is 5.91 Å². The number of ether oxygens (including phenoxy) is 1. The van der Waals surface area contributed by atoms with Crippen LogP contribution in [0, 0.1) is 0 Å². The van der Waals surface area contributed by atoms with Crippen molar-refractivity contribution in [3.05, 3.63) is 59.7 Å². The van der Waals surface area contributed by atoms with Gasteiger partial charge in [-0.15, -0.1) is 0 Å². The lowest BCUT2D eigenvalue weighted by Gasteiger charge is -2.26. The highest BCUT2D eigenvalue weighted by Gasteiger charge is 2.21. The number of nitrogens with zero attached hydrogens (tertiary/aromatic N) is 1. The molecule has 0 saturated carbocycles. The van der Waals surface area contributed by atoms with Crippen molar-refractivity contribution in [2.75, 3.05) is 19.5 Å². The van der Waals surface area contributed by atoms with Crippen LogP contribution in [0.3, 0.4) is 0 Å². The molecule has 1 unspecified atom stereocenters. The molecule has 0 spiro atoms. The highest BCUT2D eigenvalue weighted by molar-refractivity contribution is 5.96. The van der Waals surface area contributed by atoms with E-state index in [9.17, 15) is 9.59 Å². The van der Waals surface area contributed by atoms with Crippen LogP contribution in [-0.4, -0.2) is 30.9 Å². The standard InChI is InChI=1S/C19H22N2O3/c1-13(17-10-5-6-11-18(17)24-4)21(3)19(23)15-8-7-9-16(12-15)20-14(2)22/h5-13H,1-4H3,(H,20,22). The number of benzene rings is 2. The van der Waals surface area contributed by atoms with Crippen LogP contribution in [-0.2, 0) is 4.79 Å². The Morgan fingerprint density at radius 2 is 1.83 bits per heavy atom. The Balaban J connectivity index is 2.24. The van der Waals surface area contributed by atoms with Gasteiger partial charge in [-0.3, -0.25) is 9.59 Å². The van der Waals surface area contributed by atoms with Gasteiger partial charge in [0, 0.05) is 30.8 Å². The summed E-state index contributed by atoms with van der Waals surface area (Å²) in [5, 5.41) is 2.69. The van der Waals surface area contributed by atoms with E-state index in [-0.39, 0.29) is 17.9 Å². The second-order valence-corrected chi connectivity index (χ2v) is 5.60. The van der Waals surface area contributed by atoms with Gasteiger partial charge < -0.3 is 15.0 Å². The molecule has 126 valence electrons. The van der Waals surface area contributed by atoms with Crippen LogP contribution in [0.5, 0.6) is 5.75 Å². The van der Waals surface area contributed by atoms with Gasteiger partial charge in [0.25, 0.3) is 5.91 Å². The number of rotatable bonds is 5. The number of amides is 2. The highest BCUT2D eigenvalue weighted by Crippen LogP contribution is 2.29. The summed E-state index contributed by atoms with van der Waals surface area (Å²) in [6.07, 6.45) is 0. The van der Waals surface area contributed by atoms with Gasteiger partial charge in [0.15, 0.2) is 0 Å². The molecular weight excluding hydrogens is 304 g/mol. The molecule has 5 nitrogen and oxygen atoms in total. The van der Waals surface area contributed by atoms with E-state index >= 15 is 0 Å². The zero-order valence-corrected chi connectivity index (χ0v) is 14.4. The minimum absolute atomic E-state index is 0.124. The van der Waals surface area contributed by atoms with E-state index in [2.05, 4.69) is 5.32 Å². The molecule has 2 aromatic carbocycles. The Hall–Kier alpha value is -2.82. The molecule has 1 atom stereocenters. The van der Waals surface area contributed by atoms with Crippen LogP contribution in [0.4, 0.5) is 5.69 Å². The van der Waals surface area contributed by atoms with Crippen molar-refractivity contribution < 1.29 is 14.3 Å². The van der Waals surface area contributed by atoms with E-state index in [1.807, 2.05) is 31.2 Å². The van der Waals surface area contributed by atoms with Gasteiger partial charge >= 0.3 is 0 Å². The molecule has 2 amide bonds. The van der Waals surface area contributed by atoms with Crippen molar-refractivity contribution in [2.45, 2.75) is 19.9 Å². The first-order valence-corrected chi connectivity index (χ1v) is 7.71. The maximum atomic E-state index is 12.8. The predicted octanol–water partition coefficient (Wildman–Crippen LogP) is 3.49. The summed E-state index contributed by atoms with van der Waals surface area (Å²) in [6.45, 7) is 3.39. The molecule has 0 aliphatic heterocycles. The molecule has 5 heteroatoms. The highest BCUT2D eigenvalue weighted by atomic mass is 16.5. The van der Waals surface area contributed by atoms with Crippen LogP contribution in [0.15, 0.2) is 48.5 Å². The first-order valence-electron chi connectivity index (χ1n) is 7.71. The maximum absolute atomic E-state index is 12.8. The average Bonchev–Trinajstić information content (AvgIpc) is 2.59. The van der Waals surface area contributed by atoms with Crippen LogP contribution < -0.4 is 10.1 Å². The number of carbonyl (C=O) groups is 2. The number of hydrogen-bond acceptors (Lipinski definition) is 3. The molecule has 2 rings (SSSR count). The van der Waals surface area contributed by atoms with Gasteiger partial charge in [-0.2, -0.15) is 0 Å². The number of hydrogen-bond donors (Lipinski definition) is 1. The number of carbonyl (C=O) groups excluding carboxylic acids is 2. The normalized spacial score (nSPS) is 11.5. The smallest absolute Gasteiger partial charge is 0.254 e. The summed E-state index contributed by atoms with van der Waals surface area (Å²) >= 11 is 0. The van der Waals surface area contributed by atoms with Crippen molar-refractivity contribution in [2.24, 2.45) is 0 Å². The van der Waals surface area contributed by atoms with Crippen molar-refractivity contribution in [3.63, 3.8) is 0 Å². The number of anilines is 1. The summed E-state index contributed by atoms with van der Waals surface area (Å²) in [4.78, 5) is 25.6. The quantitative estimate of drug-likeness (QED) is 0.915. The van der Waals surface area contributed by atoms with E-state index in [4.69, 9.17) is 4.74 Å². The Kier molecular flexibility index (Phi) is 5.58. The maximum Gasteiger partial charge on any atom is 0.254 e. The third-order valence-electron chi connectivity index (χ3n) is 3.92. The first-order chi connectivity index (χ1) is 11.4. The molecule has 0 bridgehead atoms. The van der Waals surface area contributed by atoms with Gasteiger partial charge in [-0.25, -0.2) is 0 Å². The Labute approximate surface area is 142 Å². The molecule has 0 fully saturated rings. The van der Waals surface area contributed by atoms with Crippen molar-refractivity contribution in [1.29, 1.82) is 0 Å². The molecule has 0 radical (unpaired) electrons. The minimum Gasteiger partial charge on any atom is -0.496 e. The third kappa shape index (κ3) is 3.93. The van der Waals surface area contributed by atoms with E-state index in [1.165, 1.54) is 6.92 Å². The molecule has 0 heterocycles. The van der Waals surface area contributed by atoms with Gasteiger partial charge in [0.1, 0.15) is 5.75 Å². The van der Waals surface area contributed by atoms with E-state index in [1.54, 1.807) is 43.3 Å². The Morgan fingerprint density at radius 3 is 2.50 bits per heavy atom. The Bertz CT molecular complexity index is 743. The molecule has 0 aliphatic carbocycles. The predicted molar refractivity (Wildman–Crippen MR) is 94.2 cm³/mol. The molecule has 2 aromatic rings. The topological polar surface area (TPSA) is 58.6 Å². The monoisotopic (exact) mass is 326 g/mol. The lowest BCUT2D eigenvalue weighted by Crippen LogP contribution is -2.30. The van der Waals surface area contributed by atoms with Gasteiger partial charge in [-0.05, 0) is 31.2 Å². The van der Waals surface area contributed by atoms with Crippen LogP contribution in [0.25, 0.3) is 0 Å². The van der Waals surface area contributed by atoms with E-state index in [0.717, 1.165) is 11.3 Å². The molecule has 1 N–H and O–H groups in total. The van der Waals surface area contributed by atoms with Gasteiger partial charge in [0.05, 0.1) is 13.2 Å². The largest absolute Gasteiger partial charge is 0.496 e. The van der Waals surface area contributed by atoms with Crippen molar-refractivity contribution in [3.8, 4) is 5.75 Å². The van der Waals surface area contributed by atoms with Crippen molar-refractivity contribution >= 4 is 17.5 Å². The SMILES string of the molecule is COc1ccccc1C(C)N(C)C(=O)c1cccc(NC(C)=O)c1. The van der Waals surface area contributed by atoms with Crippen LogP contribution in [0.2, 0.25) is 0 Å². The van der Waals surface area contributed by atoms with Crippen molar-refractivity contribution in [1.82, 2.24) is 4.90 Å². The molecular formula is C19H22N2O3. The molecule has 24 heavy (non-hydrogen) atoms. The summed E-state index contributed by atoms with van der Waals surface area (Å²) < 4.78 is 5.38. The Morgan fingerprint density at radius 1 is 1.12 bits per heavy atom.